The zero-order chi connectivity index (χ0) is 15.4. The van der Waals surface area contributed by atoms with Crippen LogP contribution in [-0.4, -0.2) is 21.3 Å². The highest BCUT2D eigenvalue weighted by molar-refractivity contribution is 6.30. The first-order valence-electron chi connectivity index (χ1n) is 6.76. The summed E-state index contributed by atoms with van der Waals surface area (Å²) in [6.07, 6.45) is 0. The molecule has 2 rings (SSSR count). The zero-order valence-corrected chi connectivity index (χ0v) is 13.5. The molecule has 0 fully saturated rings. The van der Waals surface area contributed by atoms with Gasteiger partial charge in [-0.3, -0.25) is 0 Å². The maximum Gasteiger partial charge on any atom is 0.127 e. The molecule has 0 saturated heterocycles. The first kappa shape index (κ1) is 15.7. The van der Waals surface area contributed by atoms with Gasteiger partial charge in [0, 0.05) is 16.7 Å². The third-order valence-corrected chi connectivity index (χ3v) is 3.83. The number of hydrogen-bond acceptors (Lipinski definition) is 3. The summed E-state index contributed by atoms with van der Waals surface area (Å²) in [5, 5.41) is 4.06. The lowest BCUT2D eigenvalue weighted by Crippen LogP contribution is -2.19. The van der Waals surface area contributed by atoms with E-state index in [0.29, 0.717) is 0 Å². The second-order valence-electron chi connectivity index (χ2n) is 4.83. The Morgan fingerprint density at radius 1 is 1.00 bits per heavy atom. The van der Waals surface area contributed by atoms with E-state index in [0.717, 1.165) is 27.6 Å². The van der Waals surface area contributed by atoms with Crippen molar-refractivity contribution in [2.75, 3.05) is 21.3 Å². The van der Waals surface area contributed by atoms with Crippen LogP contribution in [-0.2, 0) is 0 Å². The van der Waals surface area contributed by atoms with Gasteiger partial charge < -0.3 is 14.8 Å². The van der Waals surface area contributed by atoms with Crippen molar-refractivity contribution >= 4 is 11.6 Å². The predicted molar refractivity (Wildman–Crippen MR) is 86.6 cm³/mol. The van der Waals surface area contributed by atoms with Gasteiger partial charge in [-0.25, -0.2) is 0 Å². The average molecular weight is 306 g/mol. The summed E-state index contributed by atoms with van der Waals surface area (Å²) in [6, 6.07) is 11.8. The van der Waals surface area contributed by atoms with Crippen LogP contribution in [0.4, 0.5) is 0 Å². The minimum Gasteiger partial charge on any atom is -0.497 e. The fourth-order valence-corrected chi connectivity index (χ4v) is 2.64. The third-order valence-electron chi connectivity index (χ3n) is 3.59. The summed E-state index contributed by atoms with van der Waals surface area (Å²) in [5.74, 6) is 1.56. The molecule has 0 aliphatic heterocycles. The number of hydrogen-bond donors (Lipinski definition) is 1. The highest BCUT2D eigenvalue weighted by Gasteiger charge is 2.19. The van der Waals surface area contributed by atoms with Crippen LogP contribution < -0.4 is 14.8 Å². The Balaban J connectivity index is 2.53. The zero-order valence-electron chi connectivity index (χ0n) is 12.7. The minimum absolute atomic E-state index is 0.00422. The van der Waals surface area contributed by atoms with E-state index in [2.05, 4.69) is 12.2 Å². The molecule has 1 N–H and O–H groups in total. The molecule has 0 spiro atoms. The fraction of sp³-hybridized carbons (Fsp3) is 0.294. The van der Waals surface area contributed by atoms with E-state index < -0.39 is 0 Å². The van der Waals surface area contributed by atoms with Crippen molar-refractivity contribution in [3.63, 3.8) is 0 Å². The van der Waals surface area contributed by atoms with Crippen LogP contribution in [0.3, 0.4) is 0 Å². The van der Waals surface area contributed by atoms with Crippen LogP contribution in [0.25, 0.3) is 0 Å². The third kappa shape index (κ3) is 3.31. The Hall–Kier alpha value is -1.71. The van der Waals surface area contributed by atoms with Crippen molar-refractivity contribution in [3.8, 4) is 11.5 Å². The number of methoxy groups -OCH3 is 2. The van der Waals surface area contributed by atoms with Crippen molar-refractivity contribution in [1.82, 2.24) is 5.32 Å². The second kappa shape index (κ2) is 6.83. The van der Waals surface area contributed by atoms with Gasteiger partial charge in [0.15, 0.2) is 0 Å². The number of benzene rings is 2. The number of halogens is 1. The summed E-state index contributed by atoms with van der Waals surface area (Å²) in [4.78, 5) is 0. The summed E-state index contributed by atoms with van der Waals surface area (Å²) < 4.78 is 10.8. The van der Waals surface area contributed by atoms with Gasteiger partial charge in [0.1, 0.15) is 11.5 Å². The van der Waals surface area contributed by atoms with E-state index in [9.17, 15) is 0 Å². The molecular weight excluding hydrogens is 286 g/mol. The van der Waals surface area contributed by atoms with Gasteiger partial charge in [0.25, 0.3) is 0 Å². The SMILES string of the molecule is CNC(c1cc(Cl)ccc1C)c1ccc(OC)cc1OC. The van der Waals surface area contributed by atoms with E-state index in [1.807, 2.05) is 43.4 Å². The van der Waals surface area contributed by atoms with Crippen LogP contribution in [0.15, 0.2) is 36.4 Å². The molecule has 0 bridgehead atoms. The average Bonchev–Trinajstić information content (AvgIpc) is 2.51. The van der Waals surface area contributed by atoms with E-state index in [1.165, 1.54) is 5.56 Å². The summed E-state index contributed by atoms with van der Waals surface area (Å²) in [6.45, 7) is 2.08. The molecule has 0 aromatic heterocycles. The molecule has 0 saturated carbocycles. The molecule has 0 radical (unpaired) electrons. The summed E-state index contributed by atoms with van der Waals surface area (Å²) >= 11 is 6.15. The fourth-order valence-electron chi connectivity index (χ4n) is 2.46. The van der Waals surface area contributed by atoms with Crippen LogP contribution in [0.2, 0.25) is 5.02 Å². The molecule has 0 amide bonds. The van der Waals surface area contributed by atoms with Gasteiger partial charge in [-0.1, -0.05) is 17.7 Å². The van der Waals surface area contributed by atoms with Crippen LogP contribution >= 0.6 is 11.6 Å². The molecule has 3 nitrogen and oxygen atoms in total. The smallest absolute Gasteiger partial charge is 0.127 e. The molecule has 2 aromatic rings. The standard InChI is InChI=1S/C17H20ClNO2/c1-11-5-6-12(18)9-15(11)17(19-2)14-8-7-13(20-3)10-16(14)21-4/h5-10,17,19H,1-4H3. The predicted octanol–water partition coefficient (Wildman–Crippen LogP) is 3.97. The highest BCUT2D eigenvalue weighted by atomic mass is 35.5. The van der Waals surface area contributed by atoms with E-state index in [4.69, 9.17) is 21.1 Å². The Kier molecular flexibility index (Phi) is 5.10. The maximum atomic E-state index is 6.15. The minimum atomic E-state index is 0.00422. The molecule has 2 aromatic carbocycles. The van der Waals surface area contributed by atoms with Gasteiger partial charge >= 0.3 is 0 Å². The van der Waals surface area contributed by atoms with Crippen LogP contribution in [0.5, 0.6) is 11.5 Å². The van der Waals surface area contributed by atoms with Gasteiger partial charge in [0.2, 0.25) is 0 Å². The summed E-state index contributed by atoms with van der Waals surface area (Å²) in [7, 11) is 5.23. The van der Waals surface area contributed by atoms with Crippen LogP contribution in [0, 0.1) is 6.92 Å². The number of aryl methyl sites for hydroxylation is 1. The van der Waals surface area contributed by atoms with Crippen molar-refractivity contribution in [2.45, 2.75) is 13.0 Å². The van der Waals surface area contributed by atoms with Crippen molar-refractivity contribution in [3.05, 3.63) is 58.1 Å². The molecule has 0 heterocycles. The second-order valence-corrected chi connectivity index (χ2v) is 5.27. The molecule has 1 unspecified atom stereocenters. The van der Waals surface area contributed by atoms with Crippen molar-refractivity contribution < 1.29 is 9.47 Å². The van der Waals surface area contributed by atoms with Gasteiger partial charge in [-0.2, -0.15) is 0 Å². The molecular formula is C17H20ClNO2. The normalized spacial score (nSPS) is 12.0. The maximum absolute atomic E-state index is 6.15. The highest BCUT2D eigenvalue weighted by Crippen LogP contribution is 2.34. The summed E-state index contributed by atoms with van der Waals surface area (Å²) in [5.41, 5.74) is 3.36. The topological polar surface area (TPSA) is 30.5 Å². The number of ether oxygens (including phenoxy) is 2. The number of rotatable bonds is 5. The molecule has 0 aliphatic rings. The van der Waals surface area contributed by atoms with Crippen molar-refractivity contribution in [2.24, 2.45) is 0 Å². The Bertz CT molecular complexity index is 628. The van der Waals surface area contributed by atoms with Gasteiger partial charge in [0.05, 0.1) is 20.3 Å². The Morgan fingerprint density at radius 3 is 2.38 bits per heavy atom. The largest absolute Gasteiger partial charge is 0.497 e. The Morgan fingerprint density at radius 2 is 1.76 bits per heavy atom. The first-order chi connectivity index (χ1) is 10.1. The monoisotopic (exact) mass is 305 g/mol. The molecule has 1 atom stereocenters. The number of nitrogens with one attached hydrogen (secondary N) is 1. The molecule has 4 heteroatoms. The first-order valence-corrected chi connectivity index (χ1v) is 7.13. The van der Waals surface area contributed by atoms with E-state index >= 15 is 0 Å². The lowest BCUT2D eigenvalue weighted by Gasteiger charge is -2.22. The quantitative estimate of drug-likeness (QED) is 0.906. The van der Waals surface area contributed by atoms with Crippen molar-refractivity contribution in [1.29, 1.82) is 0 Å². The molecule has 21 heavy (non-hydrogen) atoms. The van der Waals surface area contributed by atoms with Gasteiger partial charge in [-0.15, -0.1) is 0 Å². The lowest BCUT2D eigenvalue weighted by atomic mass is 9.94. The lowest BCUT2D eigenvalue weighted by molar-refractivity contribution is 0.388. The Labute approximate surface area is 130 Å². The molecule has 0 aliphatic carbocycles. The molecule has 112 valence electrons. The van der Waals surface area contributed by atoms with E-state index in [-0.39, 0.29) is 6.04 Å². The van der Waals surface area contributed by atoms with Gasteiger partial charge in [-0.05, 0) is 49.4 Å². The van der Waals surface area contributed by atoms with Crippen LogP contribution in [0.1, 0.15) is 22.7 Å². The van der Waals surface area contributed by atoms with E-state index in [1.54, 1.807) is 14.2 Å².